The van der Waals surface area contributed by atoms with Gasteiger partial charge < -0.3 is 10.0 Å². The van der Waals surface area contributed by atoms with Crippen LogP contribution < -0.4 is 4.90 Å². The van der Waals surface area contributed by atoms with Gasteiger partial charge in [-0.3, -0.25) is 0 Å². The van der Waals surface area contributed by atoms with Gasteiger partial charge in [0.05, 0.1) is 6.10 Å². The van der Waals surface area contributed by atoms with Crippen LogP contribution in [0.25, 0.3) is 0 Å². The minimum absolute atomic E-state index is 0.00331. The molecule has 0 radical (unpaired) electrons. The van der Waals surface area contributed by atoms with Crippen molar-refractivity contribution >= 4 is 5.69 Å². The monoisotopic (exact) mass is 273 g/mol. The van der Waals surface area contributed by atoms with Gasteiger partial charge in [-0.2, -0.15) is 13.2 Å². The molecule has 0 heterocycles. The van der Waals surface area contributed by atoms with Gasteiger partial charge >= 0.3 is 6.18 Å². The van der Waals surface area contributed by atoms with Gasteiger partial charge in [0.1, 0.15) is 6.54 Å². The van der Waals surface area contributed by atoms with Crippen molar-refractivity contribution in [2.75, 3.05) is 11.4 Å². The summed E-state index contributed by atoms with van der Waals surface area (Å²) in [6, 6.07) is 6.74. The quantitative estimate of drug-likeness (QED) is 0.885. The lowest BCUT2D eigenvalue weighted by Crippen LogP contribution is -2.35. The standard InChI is InChI=1S/C14H18F3NO/c1-2-13(19)10-3-5-11(6-4-10)18(12-7-8-12)9-14(15,16)17/h3-6,12-13,19H,2,7-9H2,1H3/t13-/m1/s1. The minimum Gasteiger partial charge on any atom is -0.388 e. The molecule has 19 heavy (non-hydrogen) atoms. The Hall–Kier alpha value is -1.23. The molecule has 1 aromatic carbocycles. The van der Waals surface area contributed by atoms with Crippen LogP contribution in [0.1, 0.15) is 37.9 Å². The molecule has 1 aromatic rings. The van der Waals surface area contributed by atoms with Crippen LogP contribution in [0, 0.1) is 0 Å². The third-order valence-electron chi connectivity index (χ3n) is 3.33. The van der Waals surface area contributed by atoms with Crippen molar-refractivity contribution in [2.24, 2.45) is 0 Å². The van der Waals surface area contributed by atoms with E-state index in [1.54, 1.807) is 24.3 Å². The van der Waals surface area contributed by atoms with E-state index in [-0.39, 0.29) is 6.04 Å². The summed E-state index contributed by atoms with van der Waals surface area (Å²) in [4.78, 5) is 1.40. The highest BCUT2D eigenvalue weighted by Crippen LogP contribution is 2.34. The van der Waals surface area contributed by atoms with Gasteiger partial charge in [-0.05, 0) is 37.0 Å². The Bertz CT molecular complexity index is 412. The first-order valence-corrected chi connectivity index (χ1v) is 6.52. The molecule has 0 aliphatic heterocycles. The van der Waals surface area contributed by atoms with Crippen molar-refractivity contribution in [3.8, 4) is 0 Å². The molecule has 2 nitrogen and oxygen atoms in total. The predicted octanol–water partition coefficient (Wildman–Crippen LogP) is 3.66. The third-order valence-corrected chi connectivity index (χ3v) is 3.33. The predicted molar refractivity (Wildman–Crippen MR) is 68.1 cm³/mol. The molecule has 2 rings (SSSR count). The maximum atomic E-state index is 12.6. The molecule has 1 aliphatic carbocycles. The third kappa shape index (κ3) is 3.86. The molecule has 106 valence electrons. The Balaban J connectivity index is 2.13. The van der Waals surface area contributed by atoms with E-state index in [0.29, 0.717) is 12.1 Å². The molecular weight excluding hydrogens is 255 g/mol. The van der Waals surface area contributed by atoms with Gasteiger partial charge in [0.25, 0.3) is 0 Å². The summed E-state index contributed by atoms with van der Waals surface area (Å²) in [5.74, 6) is 0. The summed E-state index contributed by atoms with van der Waals surface area (Å²) in [5, 5.41) is 9.67. The van der Waals surface area contributed by atoms with Crippen LogP contribution in [0.4, 0.5) is 18.9 Å². The molecule has 0 amide bonds. The van der Waals surface area contributed by atoms with E-state index in [2.05, 4.69) is 0 Å². The molecular formula is C14H18F3NO. The lowest BCUT2D eigenvalue weighted by molar-refractivity contribution is -0.120. The summed E-state index contributed by atoms with van der Waals surface area (Å²) in [7, 11) is 0. The van der Waals surface area contributed by atoms with Crippen molar-refractivity contribution in [2.45, 2.75) is 44.5 Å². The van der Waals surface area contributed by atoms with Crippen molar-refractivity contribution in [3.63, 3.8) is 0 Å². The number of hydrogen-bond donors (Lipinski definition) is 1. The highest BCUT2D eigenvalue weighted by atomic mass is 19.4. The lowest BCUT2D eigenvalue weighted by Gasteiger charge is -2.26. The van der Waals surface area contributed by atoms with E-state index in [1.807, 2.05) is 6.92 Å². The van der Waals surface area contributed by atoms with Crippen LogP contribution in [-0.4, -0.2) is 23.9 Å². The van der Waals surface area contributed by atoms with Gasteiger partial charge in [0.2, 0.25) is 0 Å². The maximum absolute atomic E-state index is 12.6. The number of halogens is 3. The van der Waals surface area contributed by atoms with Crippen LogP contribution in [0.2, 0.25) is 0 Å². The Labute approximate surface area is 110 Å². The van der Waals surface area contributed by atoms with E-state index in [1.165, 1.54) is 4.90 Å². The van der Waals surface area contributed by atoms with Crippen LogP contribution >= 0.6 is 0 Å². The molecule has 1 fully saturated rings. The number of anilines is 1. The van der Waals surface area contributed by atoms with E-state index in [0.717, 1.165) is 18.4 Å². The molecule has 1 aliphatic rings. The molecule has 0 spiro atoms. The van der Waals surface area contributed by atoms with Crippen molar-refractivity contribution < 1.29 is 18.3 Å². The Morgan fingerprint density at radius 3 is 2.26 bits per heavy atom. The molecule has 1 N–H and O–H groups in total. The zero-order chi connectivity index (χ0) is 14.0. The van der Waals surface area contributed by atoms with Gasteiger partial charge in [0, 0.05) is 11.7 Å². The largest absolute Gasteiger partial charge is 0.405 e. The number of hydrogen-bond acceptors (Lipinski definition) is 2. The summed E-state index contributed by atoms with van der Waals surface area (Å²) in [6.07, 6.45) is -2.52. The zero-order valence-corrected chi connectivity index (χ0v) is 10.8. The second-order valence-corrected chi connectivity index (χ2v) is 4.99. The molecule has 0 unspecified atom stereocenters. The summed E-state index contributed by atoms with van der Waals surface area (Å²) >= 11 is 0. The smallest absolute Gasteiger partial charge is 0.388 e. The Kier molecular flexibility index (Phi) is 4.04. The fourth-order valence-electron chi connectivity index (χ4n) is 2.13. The number of aliphatic hydroxyl groups is 1. The summed E-state index contributed by atoms with van der Waals surface area (Å²) in [5.41, 5.74) is 1.32. The fourth-order valence-corrected chi connectivity index (χ4v) is 2.13. The van der Waals surface area contributed by atoms with Crippen molar-refractivity contribution in [1.82, 2.24) is 0 Å². The number of nitrogens with zero attached hydrogens (tertiary/aromatic N) is 1. The number of aliphatic hydroxyl groups excluding tert-OH is 1. The van der Waals surface area contributed by atoms with E-state index < -0.39 is 18.8 Å². The maximum Gasteiger partial charge on any atom is 0.405 e. The Morgan fingerprint density at radius 1 is 1.26 bits per heavy atom. The highest BCUT2D eigenvalue weighted by molar-refractivity contribution is 5.50. The first kappa shape index (κ1) is 14.2. The summed E-state index contributed by atoms with van der Waals surface area (Å²) in [6.45, 7) is 0.950. The fraction of sp³-hybridized carbons (Fsp3) is 0.571. The van der Waals surface area contributed by atoms with Gasteiger partial charge in [-0.25, -0.2) is 0 Å². The average molecular weight is 273 g/mol. The highest BCUT2D eigenvalue weighted by Gasteiger charge is 2.38. The summed E-state index contributed by atoms with van der Waals surface area (Å²) < 4.78 is 37.7. The molecule has 1 atom stereocenters. The normalized spacial score (nSPS) is 17.3. The van der Waals surface area contributed by atoms with E-state index >= 15 is 0 Å². The molecule has 0 aromatic heterocycles. The van der Waals surface area contributed by atoms with Crippen LogP contribution in [-0.2, 0) is 0 Å². The van der Waals surface area contributed by atoms with Crippen molar-refractivity contribution in [3.05, 3.63) is 29.8 Å². The second-order valence-electron chi connectivity index (χ2n) is 4.99. The number of alkyl halides is 3. The topological polar surface area (TPSA) is 23.5 Å². The van der Waals surface area contributed by atoms with E-state index in [4.69, 9.17) is 0 Å². The number of rotatable bonds is 5. The SMILES string of the molecule is CC[C@@H](O)c1ccc(N(CC(F)(F)F)C2CC2)cc1. The van der Waals surface area contributed by atoms with Crippen LogP contribution in [0.5, 0.6) is 0 Å². The lowest BCUT2D eigenvalue weighted by atomic mass is 10.1. The van der Waals surface area contributed by atoms with Crippen LogP contribution in [0.3, 0.4) is 0 Å². The first-order chi connectivity index (χ1) is 8.90. The Morgan fingerprint density at radius 2 is 1.84 bits per heavy atom. The second kappa shape index (κ2) is 5.41. The van der Waals surface area contributed by atoms with Crippen molar-refractivity contribution in [1.29, 1.82) is 0 Å². The first-order valence-electron chi connectivity index (χ1n) is 6.52. The molecule has 5 heteroatoms. The average Bonchev–Trinajstić information content (AvgIpc) is 3.18. The number of benzene rings is 1. The van der Waals surface area contributed by atoms with Crippen LogP contribution in [0.15, 0.2) is 24.3 Å². The van der Waals surface area contributed by atoms with Gasteiger partial charge in [-0.15, -0.1) is 0 Å². The molecule has 1 saturated carbocycles. The zero-order valence-electron chi connectivity index (χ0n) is 10.8. The molecule has 0 bridgehead atoms. The minimum atomic E-state index is -4.19. The van der Waals surface area contributed by atoms with Gasteiger partial charge in [0.15, 0.2) is 0 Å². The van der Waals surface area contributed by atoms with Gasteiger partial charge in [-0.1, -0.05) is 19.1 Å². The molecule has 0 saturated heterocycles. The van der Waals surface area contributed by atoms with E-state index in [9.17, 15) is 18.3 Å².